The Kier molecular flexibility index (Phi) is 9.05. The van der Waals surface area contributed by atoms with Crippen LogP contribution in [0.4, 0.5) is 13.2 Å². The maximum Gasteiger partial charge on any atom is 0.352 e. The van der Waals surface area contributed by atoms with Gasteiger partial charge in [-0.25, -0.2) is 18.0 Å². The van der Waals surface area contributed by atoms with E-state index in [-0.39, 0.29) is 24.6 Å². The summed E-state index contributed by atoms with van der Waals surface area (Å²) in [6, 6.07) is 13.6. The minimum atomic E-state index is -2.51. The second-order valence-corrected chi connectivity index (χ2v) is 11.8. The van der Waals surface area contributed by atoms with Crippen LogP contribution in [0.25, 0.3) is 32.8 Å². The SMILES string of the molecule is CCc1n[nH]c2c1-c1c(Cl)ccc3c(CCCOc4cccc5cc(F)ccc45)c(C(=O)O)n(c13)CCN(CC(F)F)CCC2. The smallest absolute Gasteiger partial charge is 0.352 e. The molecule has 2 aromatic heterocycles. The number of carboxylic acids is 1. The Labute approximate surface area is 263 Å². The average Bonchev–Trinajstić information content (AvgIpc) is 3.55. The minimum Gasteiger partial charge on any atom is -0.493 e. The number of ether oxygens (including phenoxy) is 1. The number of carbonyl (C=O) groups is 1. The van der Waals surface area contributed by atoms with Crippen LogP contribution in [0.1, 0.15) is 47.2 Å². The number of rotatable bonds is 9. The van der Waals surface area contributed by atoms with Crippen LogP contribution in [0.15, 0.2) is 48.5 Å². The topological polar surface area (TPSA) is 83.4 Å². The number of nitrogens with one attached hydrogen (secondary N) is 1. The summed E-state index contributed by atoms with van der Waals surface area (Å²) in [4.78, 5) is 14.6. The molecule has 1 aliphatic heterocycles. The number of alkyl halides is 2. The molecule has 5 aromatic rings. The van der Waals surface area contributed by atoms with Crippen LogP contribution in [0.3, 0.4) is 0 Å². The molecule has 3 aromatic carbocycles. The number of aromatic amines is 1. The standard InChI is InChI=1S/C34H34ClF3N4O3/c1-2-26-31-27(40-39-26)8-4-14-41(19-29(37)38)15-16-42-32-24(12-13-25(35)30(31)32)23(33(42)34(43)44)7-5-17-45-28-9-3-6-20-18-21(36)10-11-22(20)28/h3,6,9-13,18,29H,2,4-5,7-8,14-17,19H2,1H3,(H,39,40)(H,43,44). The van der Waals surface area contributed by atoms with E-state index in [9.17, 15) is 23.1 Å². The molecule has 7 nitrogen and oxygen atoms in total. The van der Waals surface area contributed by atoms with E-state index in [1.165, 1.54) is 12.1 Å². The molecule has 0 fully saturated rings. The molecule has 0 atom stereocenters. The van der Waals surface area contributed by atoms with Crippen molar-refractivity contribution in [2.75, 3.05) is 26.2 Å². The summed E-state index contributed by atoms with van der Waals surface area (Å²) in [7, 11) is 0. The van der Waals surface area contributed by atoms with E-state index < -0.39 is 18.9 Å². The van der Waals surface area contributed by atoms with Gasteiger partial charge in [0.25, 0.3) is 6.43 Å². The Morgan fingerprint density at radius 3 is 2.71 bits per heavy atom. The third kappa shape index (κ3) is 6.13. The number of aryl methyl sites for hydroxylation is 3. The van der Waals surface area contributed by atoms with Crippen molar-refractivity contribution in [1.82, 2.24) is 19.7 Å². The van der Waals surface area contributed by atoms with Gasteiger partial charge in [-0.15, -0.1) is 0 Å². The van der Waals surface area contributed by atoms with Crippen LogP contribution in [-0.2, 0) is 25.8 Å². The number of aromatic carboxylic acids is 1. The first-order chi connectivity index (χ1) is 21.8. The Morgan fingerprint density at radius 1 is 1.11 bits per heavy atom. The van der Waals surface area contributed by atoms with Crippen molar-refractivity contribution in [1.29, 1.82) is 0 Å². The third-order valence-corrected chi connectivity index (χ3v) is 8.86. The van der Waals surface area contributed by atoms with Gasteiger partial charge in [0.2, 0.25) is 0 Å². The number of fused-ring (bicyclic) bond motifs is 3. The van der Waals surface area contributed by atoms with Crippen LogP contribution in [-0.4, -0.2) is 63.4 Å². The number of H-pyrrole nitrogens is 1. The van der Waals surface area contributed by atoms with Gasteiger partial charge in [0.05, 0.1) is 29.4 Å². The van der Waals surface area contributed by atoms with E-state index in [0.717, 1.165) is 33.1 Å². The molecule has 0 bridgehead atoms. The van der Waals surface area contributed by atoms with Gasteiger partial charge in [-0.1, -0.05) is 36.7 Å². The molecule has 0 saturated carbocycles. The van der Waals surface area contributed by atoms with Crippen molar-refractivity contribution in [3.63, 3.8) is 0 Å². The summed E-state index contributed by atoms with van der Waals surface area (Å²) >= 11 is 6.92. The van der Waals surface area contributed by atoms with Gasteiger partial charge in [-0.2, -0.15) is 5.10 Å². The van der Waals surface area contributed by atoms with E-state index >= 15 is 0 Å². The number of hydrogen-bond acceptors (Lipinski definition) is 4. The first-order valence-electron chi connectivity index (χ1n) is 15.2. The largest absolute Gasteiger partial charge is 0.493 e. The number of aromatic nitrogens is 3. The fourth-order valence-electron chi connectivity index (χ4n) is 6.60. The van der Waals surface area contributed by atoms with Crippen LogP contribution in [0.5, 0.6) is 5.75 Å². The number of hydrogen-bond donors (Lipinski definition) is 2. The lowest BCUT2D eigenvalue weighted by atomic mass is 9.96. The van der Waals surface area contributed by atoms with Gasteiger partial charge in [-0.3, -0.25) is 10.00 Å². The summed E-state index contributed by atoms with van der Waals surface area (Å²) in [5, 5.41) is 21.0. The zero-order valence-electron chi connectivity index (χ0n) is 24.9. The van der Waals surface area contributed by atoms with Crippen LogP contribution in [0.2, 0.25) is 5.02 Å². The minimum absolute atomic E-state index is 0.119. The Hall–Kier alpha value is -4.02. The Balaban J connectivity index is 1.42. The zero-order chi connectivity index (χ0) is 31.7. The molecule has 45 heavy (non-hydrogen) atoms. The lowest BCUT2D eigenvalue weighted by Gasteiger charge is -2.22. The number of halogens is 4. The Bertz CT molecular complexity index is 1870. The van der Waals surface area contributed by atoms with E-state index in [1.54, 1.807) is 27.7 Å². The molecule has 6 rings (SSSR count). The van der Waals surface area contributed by atoms with Gasteiger partial charge < -0.3 is 14.4 Å². The molecule has 236 valence electrons. The second-order valence-electron chi connectivity index (χ2n) is 11.3. The van der Waals surface area contributed by atoms with E-state index in [0.29, 0.717) is 72.7 Å². The van der Waals surface area contributed by atoms with Crippen molar-refractivity contribution < 1.29 is 27.8 Å². The van der Waals surface area contributed by atoms with Crippen molar-refractivity contribution in [2.24, 2.45) is 0 Å². The lowest BCUT2D eigenvalue weighted by molar-refractivity contribution is 0.0677. The predicted octanol–water partition coefficient (Wildman–Crippen LogP) is 7.76. The number of nitrogens with zero attached hydrogens (tertiary/aromatic N) is 3. The lowest BCUT2D eigenvalue weighted by Crippen LogP contribution is -2.33. The molecule has 1 aliphatic rings. The highest BCUT2D eigenvalue weighted by atomic mass is 35.5. The highest BCUT2D eigenvalue weighted by Crippen LogP contribution is 2.42. The molecule has 0 amide bonds. The fourth-order valence-corrected chi connectivity index (χ4v) is 6.84. The van der Waals surface area contributed by atoms with Crippen LogP contribution in [0, 0.1) is 5.82 Å². The monoisotopic (exact) mass is 638 g/mol. The average molecular weight is 639 g/mol. The van der Waals surface area contributed by atoms with Crippen molar-refractivity contribution >= 4 is 39.2 Å². The van der Waals surface area contributed by atoms with Crippen molar-refractivity contribution in [2.45, 2.75) is 52.0 Å². The first kappa shape index (κ1) is 31.0. The maximum atomic E-state index is 13.7. The predicted molar refractivity (Wildman–Crippen MR) is 169 cm³/mol. The van der Waals surface area contributed by atoms with Crippen LogP contribution >= 0.6 is 11.6 Å². The number of carboxylic acid groups (broad SMARTS) is 1. The van der Waals surface area contributed by atoms with Gasteiger partial charge >= 0.3 is 5.97 Å². The zero-order valence-corrected chi connectivity index (χ0v) is 25.6. The number of benzene rings is 3. The van der Waals surface area contributed by atoms with E-state index in [4.69, 9.17) is 16.3 Å². The molecule has 0 aliphatic carbocycles. The van der Waals surface area contributed by atoms with Gasteiger partial charge in [0, 0.05) is 40.7 Å². The summed E-state index contributed by atoms with van der Waals surface area (Å²) < 4.78 is 48.6. The van der Waals surface area contributed by atoms with Crippen molar-refractivity contribution in [3.05, 3.63) is 82.0 Å². The summed E-state index contributed by atoms with van der Waals surface area (Å²) in [6.45, 7) is 2.81. The van der Waals surface area contributed by atoms with Gasteiger partial charge in [-0.05, 0) is 79.9 Å². The normalized spacial score (nSPS) is 14.2. The second kappa shape index (κ2) is 13.1. The van der Waals surface area contributed by atoms with Crippen molar-refractivity contribution in [3.8, 4) is 16.9 Å². The molecular formula is C34H34ClF3N4O3. The molecular weight excluding hydrogens is 605 g/mol. The first-order valence-corrected chi connectivity index (χ1v) is 15.6. The van der Waals surface area contributed by atoms with Crippen LogP contribution < -0.4 is 4.74 Å². The highest BCUT2D eigenvalue weighted by Gasteiger charge is 2.29. The van der Waals surface area contributed by atoms with E-state index in [2.05, 4.69) is 10.2 Å². The molecule has 11 heteroatoms. The molecule has 2 N–H and O–H groups in total. The summed E-state index contributed by atoms with van der Waals surface area (Å²) in [5.41, 5.74) is 4.67. The molecule has 3 heterocycles. The highest BCUT2D eigenvalue weighted by molar-refractivity contribution is 6.35. The summed E-state index contributed by atoms with van der Waals surface area (Å²) in [5.74, 6) is -0.803. The maximum absolute atomic E-state index is 13.7. The molecule has 0 unspecified atom stereocenters. The Morgan fingerprint density at radius 2 is 1.93 bits per heavy atom. The fraction of sp³-hybridized carbons (Fsp3) is 0.353. The molecule has 0 radical (unpaired) electrons. The van der Waals surface area contributed by atoms with E-state index in [1.807, 2.05) is 25.1 Å². The molecule has 0 saturated heterocycles. The van der Waals surface area contributed by atoms with Gasteiger partial charge in [0.1, 0.15) is 17.3 Å². The summed E-state index contributed by atoms with van der Waals surface area (Å²) in [6.07, 6.45) is 0.247. The molecule has 0 spiro atoms. The van der Waals surface area contributed by atoms with Gasteiger partial charge in [0.15, 0.2) is 0 Å². The quantitative estimate of drug-likeness (QED) is 0.161. The third-order valence-electron chi connectivity index (χ3n) is 8.55.